The van der Waals surface area contributed by atoms with Crippen LogP contribution in [0.2, 0.25) is 0 Å². The lowest BCUT2D eigenvalue weighted by molar-refractivity contribution is 0.133. The predicted molar refractivity (Wildman–Crippen MR) is 67.3 cm³/mol. The molecule has 2 atom stereocenters. The summed E-state index contributed by atoms with van der Waals surface area (Å²) in [6.07, 6.45) is 3.25. The molecule has 1 saturated heterocycles. The zero-order valence-corrected chi connectivity index (χ0v) is 10.8. The van der Waals surface area contributed by atoms with Crippen LogP contribution in [-0.2, 0) is 13.1 Å². The standard InChI is InChI=1S/C12H23N5/c1-10-3-4-16(8-11(10)2)5-6-17-9-12(7-13)14-15-17/h9-11H,3-8,13H2,1-2H3. The van der Waals surface area contributed by atoms with Crippen LogP contribution in [0.15, 0.2) is 6.20 Å². The number of aromatic nitrogens is 3. The summed E-state index contributed by atoms with van der Waals surface area (Å²) in [7, 11) is 0. The molecule has 0 bridgehead atoms. The highest BCUT2D eigenvalue weighted by Crippen LogP contribution is 2.21. The number of piperidine rings is 1. The average Bonchev–Trinajstić information content (AvgIpc) is 2.79. The van der Waals surface area contributed by atoms with Crippen molar-refractivity contribution in [3.63, 3.8) is 0 Å². The summed E-state index contributed by atoms with van der Waals surface area (Å²) in [5.41, 5.74) is 6.38. The fourth-order valence-corrected chi connectivity index (χ4v) is 2.34. The number of likely N-dealkylation sites (tertiary alicyclic amines) is 1. The maximum atomic E-state index is 5.51. The Morgan fingerprint density at radius 2 is 2.18 bits per heavy atom. The number of hydrogen-bond acceptors (Lipinski definition) is 4. The molecule has 2 heterocycles. The molecule has 96 valence electrons. The summed E-state index contributed by atoms with van der Waals surface area (Å²) in [4.78, 5) is 2.52. The molecule has 0 aliphatic carbocycles. The first-order valence-corrected chi connectivity index (χ1v) is 6.50. The van der Waals surface area contributed by atoms with Crippen molar-refractivity contribution >= 4 is 0 Å². The number of nitrogens with zero attached hydrogens (tertiary/aromatic N) is 4. The van der Waals surface area contributed by atoms with Crippen LogP contribution in [0.25, 0.3) is 0 Å². The summed E-state index contributed by atoms with van der Waals surface area (Å²) in [6.45, 7) is 9.56. The Morgan fingerprint density at radius 1 is 1.35 bits per heavy atom. The topological polar surface area (TPSA) is 60.0 Å². The van der Waals surface area contributed by atoms with Crippen molar-refractivity contribution < 1.29 is 0 Å². The Labute approximate surface area is 103 Å². The van der Waals surface area contributed by atoms with E-state index in [1.54, 1.807) is 0 Å². The Balaban J connectivity index is 1.78. The van der Waals surface area contributed by atoms with E-state index in [1.165, 1.54) is 19.5 Å². The van der Waals surface area contributed by atoms with Crippen molar-refractivity contribution in [2.24, 2.45) is 17.6 Å². The molecule has 5 heteroatoms. The van der Waals surface area contributed by atoms with E-state index in [2.05, 4.69) is 29.1 Å². The third-order valence-corrected chi connectivity index (χ3v) is 3.86. The third-order valence-electron chi connectivity index (χ3n) is 3.86. The largest absolute Gasteiger partial charge is 0.325 e. The summed E-state index contributed by atoms with van der Waals surface area (Å²) < 4.78 is 1.89. The molecule has 0 amide bonds. The Hall–Kier alpha value is -0.940. The second-order valence-electron chi connectivity index (χ2n) is 5.22. The Kier molecular flexibility index (Phi) is 4.12. The first-order chi connectivity index (χ1) is 8.19. The van der Waals surface area contributed by atoms with Crippen molar-refractivity contribution in [3.05, 3.63) is 11.9 Å². The van der Waals surface area contributed by atoms with Crippen LogP contribution in [0.4, 0.5) is 0 Å². The van der Waals surface area contributed by atoms with Gasteiger partial charge >= 0.3 is 0 Å². The molecule has 2 unspecified atom stereocenters. The quantitative estimate of drug-likeness (QED) is 0.838. The van der Waals surface area contributed by atoms with Crippen molar-refractivity contribution in [3.8, 4) is 0 Å². The zero-order valence-electron chi connectivity index (χ0n) is 10.8. The SMILES string of the molecule is CC1CCN(CCn2cc(CN)nn2)CC1C. The van der Waals surface area contributed by atoms with E-state index in [0.717, 1.165) is 30.6 Å². The average molecular weight is 237 g/mol. The maximum absolute atomic E-state index is 5.51. The van der Waals surface area contributed by atoms with Gasteiger partial charge in [0.2, 0.25) is 0 Å². The van der Waals surface area contributed by atoms with E-state index in [4.69, 9.17) is 5.73 Å². The summed E-state index contributed by atoms with van der Waals surface area (Å²) in [6, 6.07) is 0. The molecule has 1 aliphatic heterocycles. The van der Waals surface area contributed by atoms with E-state index < -0.39 is 0 Å². The van der Waals surface area contributed by atoms with Gasteiger partial charge in [-0.15, -0.1) is 5.10 Å². The molecule has 0 saturated carbocycles. The van der Waals surface area contributed by atoms with Crippen molar-refractivity contribution in [2.45, 2.75) is 33.4 Å². The second-order valence-corrected chi connectivity index (χ2v) is 5.22. The van der Waals surface area contributed by atoms with Gasteiger partial charge in [-0.2, -0.15) is 0 Å². The molecule has 0 spiro atoms. The molecule has 0 radical (unpaired) electrons. The molecule has 1 aliphatic rings. The van der Waals surface area contributed by atoms with Gasteiger partial charge < -0.3 is 10.6 Å². The maximum Gasteiger partial charge on any atom is 0.0962 e. The highest BCUT2D eigenvalue weighted by atomic mass is 15.4. The molecule has 1 aromatic rings. The molecule has 17 heavy (non-hydrogen) atoms. The van der Waals surface area contributed by atoms with Gasteiger partial charge in [-0.05, 0) is 24.8 Å². The molecule has 2 N–H and O–H groups in total. The minimum Gasteiger partial charge on any atom is -0.325 e. The lowest BCUT2D eigenvalue weighted by Crippen LogP contribution is -2.40. The predicted octanol–water partition coefficient (Wildman–Crippen LogP) is 0.715. The first kappa shape index (κ1) is 12.5. The lowest BCUT2D eigenvalue weighted by Gasteiger charge is -2.35. The van der Waals surface area contributed by atoms with Gasteiger partial charge in [0.25, 0.3) is 0 Å². The fraction of sp³-hybridized carbons (Fsp3) is 0.833. The highest BCUT2D eigenvalue weighted by Gasteiger charge is 2.22. The highest BCUT2D eigenvalue weighted by molar-refractivity contribution is 4.90. The van der Waals surface area contributed by atoms with E-state index >= 15 is 0 Å². The van der Waals surface area contributed by atoms with Gasteiger partial charge in [-0.25, -0.2) is 0 Å². The van der Waals surface area contributed by atoms with Gasteiger partial charge in [-0.3, -0.25) is 4.68 Å². The molecule has 0 aromatic carbocycles. The van der Waals surface area contributed by atoms with E-state index in [0.29, 0.717) is 6.54 Å². The summed E-state index contributed by atoms with van der Waals surface area (Å²) in [5, 5.41) is 8.06. The van der Waals surface area contributed by atoms with Crippen LogP contribution in [0.5, 0.6) is 0 Å². The number of rotatable bonds is 4. The molecule has 5 nitrogen and oxygen atoms in total. The second kappa shape index (κ2) is 5.60. The molecular weight excluding hydrogens is 214 g/mol. The van der Waals surface area contributed by atoms with Crippen molar-refractivity contribution in [1.29, 1.82) is 0 Å². The van der Waals surface area contributed by atoms with Gasteiger partial charge in [0, 0.05) is 25.8 Å². The van der Waals surface area contributed by atoms with Crippen molar-refractivity contribution in [2.75, 3.05) is 19.6 Å². The summed E-state index contributed by atoms with van der Waals surface area (Å²) >= 11 is 0. The monoisotopic (exact) mass is 237 g/mol. The lowest BCUT2D eigenvalue weighted by atomic mass is 9.89. The van der Waals surface area contributed by atoms with Gasteiger partial charge in [0.15, 0.2) is 0 Å². The Morgan fingerprint density at radius 3 is 2.82 bits per heavy atom. The van der Waals surface area contributed by atoms with Crippen LogP contribution in [0.3, 0.4) is 0 Å². The van der Waals surface area contributed by atoms with Gasteiger partial charge in [-0.1, -0.05) is 19.1 Å². The van der Waals surface area contributed by atoms with Crippen LogP contribution < -0.4 is 5.73 Å². The van der Waals surface area contributed by atoms with Gasteiger partial charge in [0.1, 0.15) is 0 Å². The van der Waals surface area contributed by atoms with Crippen LogP contribution in [0.1, 0.15) is 26.0 Å². The smallest absolute Gasteiger partial charge is 0.0962 e. The van der Waals surface area contributed by atoms with Crippen LogP contribution in [0, 0.1) is 11.8 Å². The normalized spacial score (nSPS) is 26.3. The van der Waals surface area contributed by atoms with Gasteiger partial charge in [0.05, 0.1) is 12.2 Å². The first-order valence-electron chi connectivity index (χ1n) is 6.50. The zero-order chi connectivity index (χ0) is 12.3. The Bertz CT molecular complexity index is 348. The molecule has 1 fully saturated rings. The van der Waals surface area contributed by atoms with Crippen LogP contribution >= 0.6 is 0 Å². The molecule has 1 aromatic heterocycles. The van der Waals surface area contributed by atoms with Crippen molar-refractivity contribution in [1.82, 2.24) is 19.9 Å². The van der Waals surface area contributed by atoms with E-state index in [9.17, 15) is 0 Å². The third kappa shape index (κ3) is 3.26. The minimum absolute atomic E-state index is 0.470. The van der Waals surface area contributed by atoms with E-state index in [-0.39, 0.29) is 0 Å². The molecular formula is C12H23N5. The molecule has 2 rings (SSSR count). The summed E-state index contributed by atoms with van der Waals surface area (Å²) in [5.74, 6) is 1.67. The number of hydrogen-bond donors (Lipinski definition) is 1. The minimum atomic E-state index is 0.470. The van der Waals surface area contributed by atoms with Crippen LogP contribution in [-0.4, -0.2) is 39.5 Å². The fourth-order valence-electron chi connectivity index (χ4n) is 2.34. The number of nitrogens with two attached hydrogens (primary N) is 1. The van der Waals surface area contributed by atoms with E-state index in [1.807, 2.05) is 10.9 Å².